The van der Waals surface area contributed by atoms with Crippen molar-refractivity contribution >= 4 is 21.8 Å². The fourth-order valence-corrected chi connectivity index (χ4v) is 6.42. The van der Waals surface area contributed by atoms with Gasteiger partial charge in [-0.2, -0.15) is 0 Å². The maximum absolute atomic E-state index is 3.68. The van der Waals surface area contributed by atoms with Crippen LogP contribution < -0.4 is 0 Å². The summed E-state index contributed by atoms with van der Waals surface area (Å²) >= 11 is 0. The molecule has 0 radical (unpaired) electrons. The number of fused-ring (bicyclic) bond motifs is 6. The smallest absolute Gasteiger partial charge is 0.0465 e. The SMILES string of the molecule is CCC(C)(CC)c1ccc2[nH]c3ccc(C4(CC)c5ccccc5-c5ccccc54)cc3c2c1. The minimum absolute atomic E-state index is 0.121. The number of benzene rings is 4. The summed E-state index contributed by atoms with van der Waals surface area (Å²) in [5, 5.41) is 2.67. The monoisotopic (exact) mass is 443 g/mol. The van der Waals surface area contributed by atoms with E-state index in [0.29, 0.717) is 0 Å². The van der Waals surface area contributed by atoms with Crippen LogP contribution in [0.2, 0.25) is 0 Å². The average Bonchev–Trinajstić information content (AvgIpc) is 3.41. The summed E-state index contributed by atoms with van der Waals surface area (Å²) in [6, 6.07) is 32.2. The van der Waals surface area contributed by atoms with E-state index < -0.39 is 0 Å². The van der Waals surface area contributed by atoms with E-state index in [4.69, 9.17) is 0 Å². The Kier molecular flexibility index (Phi) is 4.74. The molecule has 0 atom stereocenters. The molecular weight excluding hydrogens is 410 g/mol. The standard InChI is InChI=1S/C33H33N/c1-5-32(4,6-2)22-16-18-30-26(20-22)27-21-23(17-19-31(27)34-30)33(7-3)28-14-10-8-12-24(28)25-13-9-11-15-29(25)33/h8-21,34H,5-7H2,1-4H3. The van der Waals surface area contributed by atoms with Gasteiger partial charge in [0.1, 0.15) is 0 Å². The first kappa shape index (κ1) is 21.2. The van der Waals surface area contributed by atoms with Gasteiger partial charge in [-0.1, -0.05) is 88.4 Å². The van der Waals surface area contributed by atoms with Gasteiger partial charge < -0.3 is 4.98 Å². The van der Waals surface area contributed by atoms with Gasteiger partial charge in [0.25, 0.3) is 0 Å². The van der Waals surface area contributed by atoms with Crippen molar-refractivity contribution in [2.75, 3.05) is 0 Å². The first-order chi connectivity index (χ1) is 16.6. The Bertz CT molecular complexity index is 1480. The number of H-pyrrole nitrogens is 1. The number of hydrogen-bond donors (Lipinski definition) is 1. The molecule has 1 aliphatic carbocycles. The molecule has 5 aromatic rings. The van der Waals surface area contributed by atoms with E-state index in [1.807, 2.05) is 0 Å². The maximum atomic E-state index is 3.68. The Balaban J connectivity index is 1.63. The molecule has 6 rings (SSSR count). The molecule has 1 N–H and O–H groups in total. The molecular formula is C33H33N. The fourth-order valence-electron chi connectivity index (χ4n) is 6.42. The Hall–Kier alpha value is -3.32. The summed E-state index contributed by atoms with van der Waals surface area (Å²) in [5.41, 5.74) is 11.0. The molecule has 0 fully saturated rings. The quantitative estimate of drug-likeness (QED) is 0.279. The van der Waals surface area contributed by atoms with Crippen molar-refractivity contribution in [3.05, 3.63) is 107 Å². The van der Waals surface area contributed by atoms with Gasteiger partial charge in [-0.25, -0.2) is 0 Å². The van der Waals surface area contributed by atoms with E-state index in [9.17, 15) is 0 Å². The lowest BCUT2D eigenvalue weighted by atomic mass is 9.70. The van der Waals surface area contributed by atoms with E-state index in [1.54, 1.807) is 0 Å². The van der Waals surface area contributed by atoms with Crippen molar-refractivity contribution in [2.24, 2.45) is 0 Å². The van der Waals surface area contributed by atoms with Crippen LogP contribution in [-0.4, -0.2) is 4.98 Å². The van der Waals surface area contributed by atoms with Gasteiger partial charge in [-0.15, -0.1) is 0 Å². The first-order valence-corrected chi connectivity index (χ1v) is 12.8. The highest BCUT2D eigenvalue weighted by molar-refractivity contribution is 6.08. The average molecular weight is 444 g/mol. The maximum Gasteiger partial charge on any atom is 0.0465 e. The van der Waals surface area contributed by atoms with Crippen molar-refractivity contribution in [1.29, 1.82) is 0 Å². The highest BCUT2D eigenvalue weighted by Crippen LogP contribution is 2.54. The van der Waals surface area contributed by atoms with Crippen LogP contribution >= 0.6 is 0 Å². The number of nitrogens with one attached hydrogen (secondary N) is 1. The van der Waals surface area contributed by atoms with Gasteiger partial charge in [-0.05, 0) is 82.3 Å². The van der Waals surface area contributed by atoms with E-state index >= 15 is 0 Å². The molecule has 0 amide bonds. The zero-order valence-electron chi connectivity index (χ0n) is 20.7. The largest absolute Gasteiger partial charge is 0.355 e. The second-order valence-corrected chi connectivity index (χ2v) is 10.3. The third-order valence-electron chi connectivity index (χ3n) is 8.94. The molecule has 1 heteroatoms. The highest BCUT2D eigenvalue weighted by Gasteiger charge is 2.43. The van der Waals surface area contributed by atoms with Crippen molar-refractivity contribution in [1.82, 2.24) is 4.98 Å². The third kappa shape index (κ3) is 2.73. The Morgan fingerprint density at radius 2 is 1.24 bits per heavy atom. The van der Waals surface area contributed by atoms with Crippen molar-refractivity contribution in [2.45, 2.75) is 57.8 Å². The summed E-state index contributed by atoms with van der Waals surface area (Å²) in [7, 11) is 0. The highest BCUT2D eigenvalue weighted by atomic mass is 14.7. The molecule has 34 heavy (non-hydrogen) atoms. The summed E-state index contributed by atoms with van der Waals surface area (Å²) in [4.78, 5) is 3.68. The van der Waals surface area contributed by atoms with Crippen LogP contribution in [0.3, 0.4) is 0 Å². The number of hydrogen-bond acceptors (Lipinski definition) is 0. The molecule has 170 valence electrons. The van der Waals surface area contributed by atoms with E-state index in [-0.39, 0.29) is 10.8 Å². The topological polar surface area (TPSA) is 15.8 Å². The van der Waals surface area contributed by atoms with Gasteiger partial charge >= 0.3 is 0 Å². The zero-order chi connectivity index (χ0) is 23.5. The second kappa shape index (κ2) is 7.60. The van der Waals surface area contributed by atoms with Crippen LogP contribution in [0, 0.1) is 0 Å². The predicted molar refractivity (Wildman–Crippen MR) is 146 cm³/mol. The lowest BCUT2D eigenvalue weighted by molar-refractivity contribution is 0.439. The molecule has 0 unspecified atom stereocenters. The number of aromatic nitrogens is 1. The zero-order valence-corrected chi connectivity index (χ0v) is 20.7. The minimum atomic E-state index is -0.121. The van der Waals surface area contributed by atoms with Crippen LogP contribution in [0.4, 0.5) is 0 Å². The van der Waals surface area contributed by atoms with E-state index in [2.05, 4.69) is 118 Å². The molecule has 1 aliphatic rings. The van der Waals surface area contributed by atoms with Crippen molar-refractivity contribution in [3.8, 4) is 11.1 Å². The van der Waals surface area contributed by atoms with Crippen LogP contribution in [0.25, 0.3) is 32.9 Å². The lowest BCUT2D eigenvalue weighted by Crippen LogP contribution is -2.25. The summed E-state index contributed by atoms with van der Waals surface area (Å²) in [6.45, 7) is 9.35. The second-order valence-electron chi connectivity index (χ2n) is 10.3. The number of rotatable bonds is 5. The summed E-state index contributed by atoms with van der Waals surface area (Å²) in [6.07, 6.45) is 3.33. The van der Waals surface area contributed by atoms with Gasteiger partial charge in [0.15, 0.2) is 0 Å². The van der Waals surface area contributed by atoms with Gasteiger partial charge in [0.05, 0.1) is 0 Å². The molecule has 0 bridgehead atoms. The van der Waals surface area contributed by atoms with E-state index in [1.165, 1.54) is 55.2 Å². The molecule has 1 nitrogen and oxygen atoms in total. The number of aromatic amines is 1. The fraction of sp³-hybridized carbons (Fsp3) is 0.273. The van der Waals surface area contributed by atoms with Crippen molar-refractivity contribution < 1.29 is 0 Å². The summed E-state index contributed by atoms with van der Waals surface area (Å²) < 4.78 is 0. The van der Waals surface area contributed by atoms with Gasteiger partial charge in [-0.3, -0.25) is 0 Å². The van der Waals surface area contributed by atoms with Gasteiger partial charge in [0.2, 0.25) is 0 Å². The van der Waals surface area contributed by atoms with Crippen LogP contribution in [-0.2, 0) is 10.8 Å². The molecule has 0 spiro atoms. The molecule has 0 aliphatic heterocycles. The molecule has 0 saturated heterocycles. The minimum Gasteiger partial charge on any atom is -0.355 e. The van der Waals surface area contributed by atoms with Crippen LogP contribution in [0.5, 0.6) is 0 Å². The molecule has 4 aromatic carbocycles. The molecule has 0 saturated carbocycles. The first-order valence-electron chi connectivity index (χ1n) is 12.8. The van der Waals surface area contributed by atoms with Gasteiger partial charge in [0, 0.05) is 27.2 Å². The molecule has 1 aromatic heterocycles. The van der Waals surface area contributed by atoms with Crippen LogP contribution in [0.15, 0.2) is 84.9 Å². The Labute approximate surface area is 202 Å². The van der Waals surface area contributed by atoms with Crippen LogP contribution in [0.1, 0.15) is 69.2 Å². The predicted octanol–water partition coefficient (Wildman–Crippen LogP) is 9.12. The Morgan fingerprint density at radius 1 is 0.676 bits per heavy atom. The lowest BCUT2D eigenvalue weighted by Gasteiger charge is -2.32. The van der Waals surface area contributed by atoms with Crippen molar-refractivity contribution in [3.63, 3.8) is 0 Å². The third-order valence-corrected chi connectivity index (χ3v) is 8.94. The summed E-state index contributed by atoms with van der Waals surface area (Å²) in [5.74, 6) is 0. The molecule has 1 heterocycles. The Morgan fingerprint density at radius 3 is 1.82 bits per heavy atom. The van der Waals surface area contributed by atoms with E-state index in [0.717, 1.165) is 19.3 Å². The normalized spacial score (nSPS) is 14.5.